The van der Waals surface area contributed by atoms with E-state index in [1.54, 1.807) is 4.90 Å². The predicted molar refractivity (Wildman–Crippen MR) is 73.7 cm³/mol. The first-order valence-electron chi connectivity index (χ1n) is 6.96. The van der Waals surface area contributed by atoms with Crippen molar-refractivity contribution in [3.05, 3.63) is 29.6 Å². The lowest BCUT2D eigenvalue weighted by molar-refractivity contribution is -0.137. The van der Waals surface area contributed by atoms with Crippen molar-refractivity contribution in [1.82, 2.24) is 4.90 Å². The van der Waals surface area contributed by atoms with Gasteiger partial charge in [-0.2, -0.15) is 13.2 Å². The van der Waals surface area contributed by atoms with Crippen molar-refractivity contribution in [1.29, 1.82) is 0 Å². The summed E-state index contributed by atoms with van der Waals surface area (Å²) >= 11 is 0. The Labute approximate surface area is 121 Å². The Kier molecular flexibility index (Phi) is 5.05. The molecule has 1 aliphatic rings. The Morgan fingerprint density at radius 2 is 1.86 bits per heavy atom. The smallest absolute Gasteiger partial charge is 0.368 e. The molecule has 2 rings (SSSR count). The van der Waals surface area contributed by atoms with Crippen molar-refractivity contribution in [2.75, 3.05) is 44.2 Å². The van der Waals surface area contributed by atoms with Gasteiger partial charge in [-0.1, -0.05) is 0 Å². The molecule has 0 aromatic heterocycles. The molecule has 0 atom stereocenters. The molecule has 0 aliphatic carbocycles. The summed E-state index contributed by atoms with van der Waals surface area (Å²) in [7, 11) is 0. The van der Waals surface area contributed by atoms with Gasteiger partial charge in [0.1, 0.15) is 5.82 Å². The summed E-state index contributed by atoms with van der Waals surface area (Å²) in [6.45, 7) is 4.16. The van der Waals surface area contributed by atoms with Gasteiger partial charge < -0.3 is 15.5 Å². The molecule has 2 N–H and O–H groups in total. The van der Waals surface area contributed by atoms with Gasteiger partial charge >= 0.3 is 6.18 Å². The van der Waals surface area contributed by atoms with E-state index in [0.717, 1.165) is 32.1 Å². The zero-order valence-electron chi connectivity index (χ0n) is 11.7. The molecular weight excluding hydrogens is 286 g/mol. The van der Waals surface area contributed by atoms with Crippen molar-refractivity contribution >= 4 is 5.69 Å². The van der Waals surface area contributed by atoms with Crippen LogP contribution >= 0.6 is 0 Å². The van der Waals surface area contributed by atoms with Gasteiger partial charge in [0.25, 0.3) is 0 Å². The molecule has 1 fully saturated rings. The number of benzene rings is 1. The Morgan fingerprint density at radius 3 is 2.48 bits per heavy atom. The normalized spacial score (nSPS) is 17.9. The van der Waals surface area contributed by atoms with Crippen LogP contribution in [0.5, 0.6) is 0 Å². The minimum absolute atomic E-state index is 0.234. The van der Waals surface area contributed by atoms with Gasteiger partial charge in [-0.15, -0.1) is 0 Å². The van der Waals surface area contributed by atoms with Crippen LogP contribution < -0.4 is 10.6 Å². The predicted octanol–water partition coefficient (Wildman–Crippen LogP) is 2.32. The first-order valence-corrected chi connectivity index (χ1v) is 6.96. The number of hydrogen-bond donors (Lipinski definition) is 1. The molecular formula is C14H19F4N3. The van der Waals surface area contributed by atoms with E-state index in [9.17, 15) is 17.6 Å². The minimum atomic E-state index is -4.52. The Balaban J connectivity index is 2.11. The first-order chi connectivity index (χ1) is 9.91. The standard InChI is InChI=1S/C14H19F4N3/c15-12-10-11(14(16,17)18)2-3-13(12)21-6-1-5-20(7-4-19)8-9-21/h2-3,10H,1,4-9,19H2. The van der Waals surface area contributed by atoms with Crippen molar-refractivity contribution < 1.29 is 17.6 Å². The summed E-state index contributed by atoms with van der Waals surface area (Å²) in [5, 5.41) is 0. The largest absolute Gasteiger partial charge is 0.416 e. The first kappa shape index (κ1) is 16.0. The second-order valence-corrected chi connectivity index (χ2v) is 5.13. The molecule has 1 aromatic rings. The van der Waals surface area contributed by atoms with Gasteiger partial charge in [-0.25, -0.2) is 4.39 Å². The fraction of sp³-hybridized carbons (Fsp3) is 0.571. The number of alkyl halides is 3. The maximum atomic E-state index is 14.0. The Bertz CT molecular complexity index is 476. The van der Waals surface area contributed by atoms with Crippen molar-refractivity contribution in [2.24, 2.45) is 5.73 Å². The molecule has 0 bridgehead atoms. The highest BCUT2D eigenvalue weighted by molar-refractivity contribution is 5.49. The van der Waals surface area contributed by atoms with Crippen molar-refractivity contribution in [3.8, 4) is 0 Å². The van der Waals surface area contributed by atoms with E-state index in [1.165, 1.54) is 6.07 Å². The number of nitrogens with zero attached hydrogens (tertiary/aromatic N) is 2. The molecule has 21 heavy (non-hydrogen) atoms. The van der Waals surface area contributed by atoms with E-state index in [2.05, 4.69) is 4.90 Å². The lowest BCUT2D eigenvalue weighted by atomic mass is 10.1. The van der Waals surface area contributed by atoms with E-state index >= 15 is 0 Å². The summed E-state index contributed by atoms with van der Waals surface area (Å²) in [5.74, 6) is -0.822. The second kappa shape index (κ2) is 6.62. The van der Waals surface area contributed by atoms with Crippen LogP contribution in [0.15, 0.2) is 18.2 Å². The third-order valence-corrected chi connectivity index (χ3v) is 3.65. The van der Waals surface area contributed by atoms with E-state index in [1.807, 2.05) is 0 Å². The lowest BCUT2D eigenvalue weighted by Crippen LogP contribution is -2.34. The molecule has 0 unspecified atom stereocenters. The highest BCUT2D eigenvalue weighted by atomic mass is 19.4. The van der Waals surface area contributed by atoms with E-state index in [-0.39, 0.29) is 5.69 Å². The number of nitrogens with two attached hydrogens (primary N) is 1. The van der Waals surface area contributed by atoms with Gasteiger partial charge in [0.2, 0.25) is 0 Å². The molecule has 118 valence electrons. The van der Waals surface area contributed by atoms with Gasteiger partial charge in [0.15, 0.2) is 0 Å². The van der Waals surface area contributed by atoms with Crippen molar-refractivity contribution in [2.45, 2.75) is 12.6 Å². The SMILES string of the molecule is NCCN1CCCN(c2ccc(C(F)(F)F)cc2F)CC1. The molecule has 0 radical (unpaired) electrons. The topological polar surface area (TPSA) is 32.5 Å². The third-order valence-electron chi connectivity index (χ3n) is 3.65. The molecule has 7 heteroatoms. The fourth-order valence-electron chi connectivity index (χ4n) is 2.56. The Hall–Kier alpha value is -1.34. The van der Waals surface area contributed by atoms with Gasteiger partial charge in [0, 0.05) is 32.7 Å². The van der Waals surface area contributed by atoms with Crippen LogP contribution in [0, 0.1) is 5.82 Å². The van der Waals surface area contributed by atoms with E-state index in [4.69, 9.17) is 5.73 Å². The highest BCUT2D eigenvalue weighted by Crippen LogP contribution is 2.32. The summed E-state index contributed by atoms with van der Waals surface area (Å²) in [4.78, 5) is 3.98. The maximum Gasteiger partial charge on any atom is 0.416 e. The summed E-state index contributed by atoms with van der Waals surface area (Å²) in [6, 6.07) is 2.72. The highest BCUT2D eigenvalue weighted by Gasteiger charge is 2.31. The fourth-order valence-corrected chi connectivity index (χ4v) is 2.56. The quantitative estimate of drug-likeness (QED) is 0.870. The van der Waals surface area contributed by atoms with Gasteiger partial charge in [0.05, 0.1) is 11.3 Å². The molecule has 1 aliphatic heterocycles. The van der Waals surface area contributed by atoms with E-state index in [0.29, 0.717) is 25.7 Å². The van der Waals surface area contributed by atoms with Crippen molar-refractivity contribution in [3.63, 3.8) is 0 Å². The summed E-state index contributed by atoms with van der Waals surface area (Å²) in [5.41, 5.74) is 4.79. The summed E-state index contributed by atoms with van der Waals surface area (Å²) < 4.78 is 51.6. The molecule has 0 amide bonds. The lowest BCUT2D eigenvalue weighted by Gasteiger charge is -2.24. The number of rotatable bonds is 3. The van der Waals surface area contributed by atoms with Crippen LogP contribution in [0.25, 0.3) is 0 Å². The average Bonchev–Trinajstić information content (AvgIpc) is 2.64. The molecule has 1 heterocycles. The number of anilines is 1. The molecule has 3 nitrogen and oxygen atoms in total. The molecule has 0 spiro atoms. The number of halogens is 4. The van der Waals surface area contributed by atoms with E-state index < -0.39 is 17.6 Å². The summed E-state index contributed by atoms with van der Waals surface area (Å²) in [6.07, 6.45) is -3.68. The van der Waals surface area contributed by atoms with Gasteiger partial charge in [-0.05, 0) is 31.2 Å². The maximum absolute atomic E-state index is 14.0. The van der Waals surface area contributed by atoms with Crippen LogP contribution in [0.2, 0.25) is 0 Å². The number of hydrogen-bond acceptors (Lipinski definition) is 3. The third kappa shape index (κ3) is 4.07. The van der Waals surface area contributed by atoms with Crippen LogP contribution in [-0.2, 0) is 6.18 Å². The minimum Gasteiger partial charge on any atom is -0.368 e. The zero-order valence-corrected chi connectivity index (χ0v) is 11.7. The van der Waals surface area contributed by atoms with Crippen LogP contribution in [-0.4, -0.2) is 44.2 Å². The van der Waals surface area contributed by atoms with Crippen LogP contribution in [0.3, 0.4) is 0 Å². The monoisotopic (exact) mass is 305 g/mol. The molecule has 1 saturated heterocycles. The second-order valence-electron chi connectivity index (χ2n) is 5.13. The van der Waals surface area contributed by atoms with Gasteiger partial charge in [-0.3, -0.25) is 0 Å². The van der Waals surface area contributed by atoms with Crippen LogP contribution in [0.1, 0.15) is 12.0 Å². The molecule has 0 saturated carbocycles. The Morgan fingerprint density at radius 1 is 1.10 bits per heavy atom. The van der Waals surface area contributed by atoms with Crippen LogP contribution in [0.4, 0.5) is 23.2 Å². The zero-order chi connectivity index (χ0) is 15.5. The molecule has 1 aromatic carbocycles. The average molecular weight is 305 g/mol.